The predicted octanol–water partition coefficient (Wildman–Crippen LogP) is 10.1. The van der Waals surface area contributed by atoms with Crippen LogP contribution >= 0.6 is 23.5 Å². The number of hydrogen-bond donors (Lipinski definition) is 0. The molecule has 0 aliphatic heterocycles. The molecule has 0 radical (unpaired) electrons. The van der Waals surface area contributed by atoms with E-state index in [1.54, 1.807) is 23.5 Å². The monoisotopic (exact) mass is 716 g/mol. The van der Waals surface area contributed by atoms with Gasteiger partial charge in [-0.15, -0.1) is 11.8 Å². The van der Waals surface area contributed by atoms with Crippen LogP contribution in [-0.4, -0.2) is 69.7 Å². The number of ketones is 1. The Kier molecular flexibility index (Phi) is 13.7. The van der Waals surface area contributed by atoms with Crippen molar-refractivity contribution in [3.63, 3.8) is 0 Å². The third kappa shape index (κ3) is 11.1. The number of methoxy groups -OCH3 is 1. The summed E-state index contributed by atoms with van der Waals surface area (Å²) in [5.74, 6) is 2.12. The Morgan fingerprint density at radius 1 is 0.915 bits per heavy atom. The zero-order valence-electron chi connectivity index (χ0n) is 31.0. The lowest BCUT2D eigenvalue weighted by atomic mass is 9.92. The molecule has 0 saturated heterocycles. The highest BCUT2D eigenvalue weighted by Crippen LogP contribution is 2.44. The zero-order valence-corrected chi connectivity index (χ0v) is 34.7. The van der Waals surface area contributed by atoms with E-state index >= 15 is 0 Å². The first-order valence-corrected chi connectivity index (χ1v) is 25.0. The third-order valence-corrected chi connectivity index (χ3v) is 21.8. The highest BCUT2D eigenvalue weighted by molar-refractivity contribution is 8.01. The summed E-state index contributed by atoms with van der Waals surface area (Å²) in [6.07, 6.45) is 6.51. The molecule has 3 rings (SSSR count). The van der Waals surface area contributed by atoms with Gasteiger partial charge in [0.25, 0.3) is 0 Å². The lowest BCUT2D eigenvalue weighted by Crippen LogP contribution is -2.49. The maximum Gasteiger partial charge on any atom is 0.315 e. The molecule has 0 amide bonds. The van der Waals surface area contributed by atoms with Crippen LogP contribution in [0.3, 0.4) is 0 Å². The van der Waals surface area contributed by atoms with Gasteiger partial charge in [0.2, 0.25) is 0 Å². The van der Waals surface area contributed by atoms with Crippen LogP contribution in [0.25, 0.3) is 10.8 Å². The van der Waals surface area contributed by atoms with Crippen molar-refractivity contribution in [2.45, 2.75) is 121 Å². The molecule has 0 heterocycles. The van der Waals surface area contributed by atoms with Gasteiger partial charge in [-0.25, -0.2) is 0 Å². The molecule has 2 aromatic rings. The van der Waals surface area contributed by atoms with Gasteiger partial charge in [-0.1, -0.05) is 96.2 Å². The largest absolute Gasteiger partial charge is 0.468 e. The van der Waals surface area contributed by atoms with Crippen molar-refractivity contribution in [3.8, 4) is 0 Å². The number of hydrogen-bond acceptors (Lipinski definition) is 7. The van der Waals surface area contributed by atoms with Crippen LogP contribution in [0, 0.1) is 5.92 Å². The second-order valence-corrected chi connectivity index (χ2v) is 28.2. The molecule has 5 nitrogen and oxygen atoms in total. The number of carbonyl (C=O) groups is 2. The van der Waals surface area contributed by atoms with Gasteiger partial charge < -0.3 is 13.6 Å². The van der Waals surface area contributed by atoms with Crippen molar-refractivity contribution in [3.05, 3.63) is 60.2 Å². The molecular weight excluding hydrogens is 657 g/mol. The summed E-state index contributed by atoms with van der Waals surface area (Å²) >= 11 is 3.33. The van der Waals surface area contributed by atoms with Gasteiger partial charge in [-0.2, -0.15) is 11.8 Å². The third-order valence-electron chi connectivity index (χ3n) is 10.3. The minimum Gasteiger partial charge on any atom is -0.468 e. The standard InChI is InChI=1S/C38H60O5S2Si2/c1-36(2,3)46(9,10)42-33-25-32(39)35(45-23-15-22-44-27-34(40)41-8)31(33)20-21-38(7,43-47(11,12)37(4,5)6)26-28-18-19-29-16-13-14-17-30(29)24-28/h13-14,16-21,24,31,33,35H,15,22-23,25-27H2,1-12H3/b21-20+/t31-,33+,35+,38?/m0/s1. The van der Waals surface area contributed by atoms with Crippen LogP contribution < -0.4 is 0 Å². The molecule has 0 bridgehead atoms. The quantitative estimate of drug-likeness (QED) is 0.0787. The smallest absolute Gasteiger partial charge is 0.315 e. The first-order chi connectivity index (χ1) is 21.7. The van der Waals surface area contributed by atoms with Crippen molar-refractivity contribution >= 4 is 62.7 Å². The van der Waals surface area contributed by atoms with E-state index in [-0.39, 0.29) is 39.1 Å². The number of carbonyl (C=O) groups excluding carboxylic acids is 2. The molecule has 4 atom stereocenters. The normalized spacial score (nSPS) is 21.0. The topological polar surface area (TPSA) is 61.8 Å². The number of Topliss-reactive ketones (excluding diaryl/α,β-unsaturated/α-hetero) is 1. The van der Waals surface area contributed by atoms with Crippen molar-refractivity contribution in [2.24, 2.45) is 5.92 Å². The minimum absolute atomic E-state index is 0.0386. The molecule has 47 heavy (non-hydrogen) atoms. The summed E-state index contributed by atoms with van der Waals surface area (Å²) in [6, 6.07) is 15.2. The predicted molar refractivity (Wildman–Crippen MR) is 209 cm³/mol. The maximum absolute atomic E-state index is 13.7. The van der Waals surface area contributed by atoms with Crippen molar-refractivity contribution in [2.75, 3.05) is 24.4 Å². The van der Waals surface area contributed by atoms with Crippen molar-refractivity contribution in [1.29, 1.82) is 0 Å². The van der Waals surface area contributed by atoms with Gasteiger partial charge in [0.15, 0.2) is 16.6 Å². The molecule has 1 aliphatic rings. The molecule has 0 aromatic heterocycles. The summed E-state index contributed by atoms with van der Waals surface area (Å²) < 4.78 is 19.0. The zero-order chi connectivity index (χ0) is 35.3. The second-order valence-electron chi connectivity index (χ2n) is 16.3. The SMILES string of the molecule is COC(=O)CSCCCS[C@H]1C(=O)C[C@@H](O[Si](C)(C)C(C)(C)C)[C@@H]1/C=C/C(C)(Cc1ccc2ccccc2c1)O[Si](C)(C)C(C)(C)C. The Bertz CT molecular complexity index is 1390. The lowest BCUT2D eigenvalue weighted by molar-refractivity contribution is -0.137. The average Bonchev–Trinajstić information content (AvgIpc) is 3.24. The van der Waals surface area contributed by atoms with Crippen molar-refractivity contribution in [1.82, 2.24) is 0 Å². The summed E-state index contributed by atoms with van der Waals surface area (Å²) in [5.41, 5.74) is 0.680. The van der Waals surface area contributed by atoms with Gasteiger partial charge in [0, 0.05) is 18.8 Å². The fourth-order valence-corrected chi connectivity index (χ4v) is 10.7. The molecule has 262 valence electrons. The van der Waals surface area contributed by atoms with Crippen LogP contribution in [0.1, 0.15) is 66.9 Å². The number of thioether (sulfide) groups is 2. The van der Waals surface area contributed by atoms with Crippen LogP contribution in [0.15, 0.2) is 54.6 Å². The first-order valence-electron chi connectivity index (χ1n) is 17.0. The number of esters is 1. The minimum atomic E-state index is -2.16. The van der Waals surface area contributed by atoms with Gasteiger partial charge in [-0.3, -0.25) is 9.59 Å². The van der Waals surface area contributed by atoms with E-state index in [4.69, 9.17) is 13.6 Å². The van der Waals surface area contributed by atoms with E-state index < -0.39 is 22.2 Å². The molecule has 9 heteroatoms. The summed E-state index contributed by atoms with van der Waals surface area (Å²) in [4.78, 5) is 25.2. The lowest BCUT2D eigenvalue weighted by Gasteiger charge is -2.43. The van der Waals surface area contributed by atoms with E-state index in [0.717, 1.165) is 24.3 Å². The Labute approximate surface area is 296 Å². The molecule has 0 spiro atoms. The second kappa shape index (κ2) is 16.1. The highest BCUT2D eigenvalue weighted by atomic mass is 32.2. The molecule has 1 saturated carbocycles. The molecule has 2 aromatic carbocycles. The van der Waals surface area contributed by atoms with Crippen LogP contribution in [-0.2, 0) is 29.6 Å². The van der Waals surface area contributed by atoms with Crippen molar-refractivity contribution < 1.29 is 23.2 Å². The van der Waals surface area contributed by atoms with Gasteiger partial charge in [0.05, 0.1) is 29.8 Å². The average molecular weight is 717 g/mol. The fourth-order valence-electron chi connectivity index (χ4n) is 5.48. The molecule has 1 fully saturated rings. The number of rotatable bonds is 15. The first kappa shape index (κ1) is 40.1. The van der Waals surface area contributed by atoms with E-state index in [9.17, 15) is 9.59 Å². The van der Waals surface area contributed by atoms with Gasteiger partial charge in [0.1, 0.15) is 5.78 Å². The number of benzene rings is 2. The Morgan fingerprint density at radius 3 is 2.17 bits per heavy atom. The van der Waals surface area contributed by atoms with Crippen LogP contribution in [0.4, 0.5) is 0 Å². The summed E-state index contributed by atoms with van der Waals surface area (Å²) in [5, 5.41) is 2.39. The van der Waals surface area contributed by atoms with Crippen LogP contribution in [0.2, 0.25) is 36.3 Å². The van der Waals surface area contributed by atoms with Gasteiger partial charge in [-0.05, 0) is 77.5 Å². The van der Waals surface area contributed by atoms with Crippen LogP contribution in [0.5, 0.6) is 0 Å². The summed E-state index contributed by atoms with van der Waals surface area (Å²) in [7, 11) is -2.87. The Balaban J connectivity index is 1.95. The van der Waals surface area contributed by atoms with E-state index in [1.165, 1.54) is 23.4 Å². The fraction of sp³-hybridized carbons (Fsp3) is 0.632. The molecular formula is C38H60O5S2Si2. The summed E-state index contributed by atoms with van der Waals surface area (Å²) in [6.45, 7) is 25.0. The molecule has 1 unspecified atom stereocenters. The highest BCUT2D eigenvalue weighted by Gasteiger charge is 2.48. The number of fused-ring (bicyclic) bond motifs is 1. The Morgan fingerprint density at radius 2 is 1.55 bits per heavy atom. The van der Waals surface area contributed by atoms with E-state index in [1.807, 2.05) is 0 Å². The Hall–Kier alpha value is -1.37. The van der Waals surface area contributed by atoms with E-state index in [0.29, 0.717) is 12.2 Å². The maximum atomic E-state index is 13.7. The molecule has 1 aliphatic carbocycles. The van der Waals surface area contributed by atoms with E-state index in [2.05, 4.69) is 129 Å². The number of ether oxygens (including phenoxy) is 1. The molecule has 0 N–H and O–H groups in total. The van der Waals surface area contributed by atoms with Gasteiger partial charge >= 0.3 is 5.97 Å².